The molecule has 0 atom stereocenters. The first-order valence-corrected chi connectivity index (χ1v) is 6.68. The number of Topliss-reactive ketones (excluding diaryl/α,β-unsaturated/α-hetero) is 1. The van der Waals surface area contributed by atoms with Gasteiger partial charge in [0.05, 0.1) is 0 Å². The molecular formula is C14H26N2O2. The lowest BCUT2D eigenvalue weighted by Crippen LogP contribution is -2.62. The molecule has 1 amide bonds. The third-order valence-corrected chi connectivity index (χ3v) is 3.26. The Hall–Kier alpha value is -0.900. The number of nitrogens with one attached hydrogen (secondary N) is 2. The van der Waals surface area contributed by atoms with E-state index in [1.165, 1.54) is 6.92 Å². The Bertz CT molecular complexity index is 319. The molecule has 1 fully saturated rings. The van der Waals surface area contributed by atoms with Crippen molar-refractivity contribution >= 4 is 11.7 Å². The van der Waals surface area contributed by atoms with E-state index in [2.05, 4.69) is 38.3 Å². The van der Waals surface area contributed by atoms with E-state index in [1.54, 1.807) is 0 Å². The van der Waals surface area contributed by atoms with Crippen molar-refractivity contribution in [2.45, 2.75) is 77.4 Å². The first-order chi connectivity index (χ1) is 8.10. The minimum atomic E-state index is -0.0105. The molecule has 0 spiro atoms. The zero-order chi connectivity index (χ0) is 14.0. The van der Waals surface area contributed by atoms with Gasteiger partial charge in [0.25, 0.3) is 0 Å². The molecule has 1 saturated heterocycles. The second-order valence-corrected chi connectivity index (χ2v) is 6.77. The number of amides is 1. The Balaban J connectivity index is 2.51. The smallest absolute Gasteiger partial charge is 0.220 e. The van der Waals surface area contributed by atoms with Crippen molar-refractivity contribution in [1.29, 1.82) is 0 Å². The molecule has 4 heteroatoms. The molecule has 4 nitrogen and oxygen atoms in total. The lowest BCUT2D eigenvalue weighted by atomic mass is 9.79. The monoisotopic (exact) mass is 254 g/mol. The number of rotatable bonds is 4. The van der Waals surface area contributed by atoms with Crippen LogP contribution in [0.25, 0.3) is 0 Å². The zero-order valence-electron chi connectivity index (χ0n) is 12.2. The third-order valence-electron chi connectivity index (χ3n) is 3.26. The van der Waals surface area contributed by atoms with Crippen LogP contribution >= 0.6 is 0 Å². The van der Waals surface area contributed by atoms with Crippen molar-refractivity contribution in [2.24, 2.45) is 0 Å². The lowest BCUT2D eigenvalue weighted by molar-refractivity contribution is -0.125. The lowest BCUT2D eigenvalue weighted by Gasteiger charge is -2.46. The van der Waals surface area contributed by atoms with Crippen LogP contribution in [0, 0.1) is 0 Å². The number of ketones is 1. The van der Waals surface area contributed by atoms with E-state index < -0.39 is 0 Å². The van der Waals surface area contributed by atoms with Crippen LogP contribution in [0.5, 0.6) is 0 Å². The first kappa shape index (κ1) is 15.2. The first-order valence-electron chi connectivity index (χ1n) is 6.68. The molecular weight excluding hydrogens is 228 g/mol. The van der Waals surface area contributed by atoms with E-state index in [0.29, 0.717) is 12.8 Å². The van der Waals surface area contributed by atoms with Gasteiger partial charge in [-0.3, -0.25) is 4.79 Å². The van der Waals surface area contributed by atoms with Crippen LogP contribution in [-0.2, 0) is 9.59 Å². The average molecular weight is 254 g/mol. The quantitative estimate of drug-likeness (QED) is 0.804. The topological polar surface area (TPSA) is 58.2 Å². The normalized spacial score (nSPS) is 22.5. The molecule has 1 heterocycles. The van der Waals surface area contributed by atoms with Crippen LogP contribution in [0.2, 0.25) is 0 Å². The fourth-order valence-corrected chi connectivity index (χ4v) is 3.01. The minimum Gasteiger partial charge on any atom is -0.353 e. The second-order valence-electron chi connectivity index (χ2n) is 6.77. The number of hydrogen-bond acceptors (Lipinski definition) is 3. The van der Waals surface area contributed by atoms with Crippen LogP contribution in [-0.4, -0.2) is 28.8 Å². The minimum absolute atomic E-state index is 0.0105. The van der Waals surface area contributed by atoms with Gasteiger partial charge in [-0.2, -0.15) is 0 Å². The maximum absolute atomic E-state index is 11.8. The van der Waals surface area contributed by atoms with Gasteiger partial charge in [-0.25, -0.2) is 0 Å². The molecule has 0 unspecified atom stereocenters. The van der Waals surface area contributed by atoms with Crippen molar-refractivity contribution in [3.8, 4) is 0 Å². The number of carbonyl (C=O) groups excluding carboxylic acids is 2. The van der Waals surface area contributed by atoms with Crippen LogP contribution in [0.4, 0.5) is 0 Å². The summed E-state index contributed by atoms with van der Waals surface area (Å²) < 4.78 is 0. The summed E-state index contributed by atoms with van der Waals surface area (Å²) in [5.41, 5.74) is 0.0561. The van der Waals surface area contributed by atoms with Crippen LogP contribution in [0.1, 0.15) is 60.3 Å². The van der Waals surface area contributed by atoms with Gasteiger partial charge in [-0.15, -0.1) is 0 Å². The van der Waals surface area contributed by atoms with Gasteiger partial charge in [0.2, 0.25) is 5.91 Å². The molecule has 1 aliphatic rings. The average Bonchev–Trinajstić information content (AvgIpc) is 2.09. The Labute approximate surface area is 110 Å². The second kappa shape index (κ2) is 5.39. The van der Waals surface area contributed by atoms with Crippen molar-refractivity contribution in [2.75, 3.05) is 0 Å². The van der Waals surface area contributed by atoms with Crippen LogP contribution < -0.4 is 10.6 Å². The number of hydrogen-bond donors (Lipinski definition) is 2. The van der Waals surface area contributed by atoms with Gasteiger partial charge in [-0.1, -0.05) is 0 Å². The van der Waals surface area contributed by atoms with Gasteiger partial charge in [0.1, 0.15) is 5.78 Å². The van der Waals surface area contributed by atoms with Crippen molar-refractivity contribution in [3.63, 3.8) is 0 Å². The molecule has 0 aromatic rings. The molecule has 0 aromatic heterocycles. The van der Waals surface area contributed by atoms with Crippen LogP contribution in [0.15, 0.2) is 0 Å². The molecule has 18 heavy (non-hydrogen) atoms. The third kappa shape index (κ3) is 5.17. The molecule has 1 rings (SSSR count). The highest BCUT2D eigenvalue weighted by Gasteiger charge is 2.37. The highest BCUT2D eigenvalue weighted by molar-refractivity contribution is 5.83. The van der Waals surface area contributed by atoms with Crippen molar-refractivity contribution < 1.29 is 9.59 Å². The fraction of sp³-hybridized carbons (Fsp3) is 0.857. The standard InChI is InChI=1S/C14H26N2O2/c1-10(17)6-7-12(18)15-11-8-13(2,3)16-14(4,5)9-11/h11,16H,6-9H2,1-5H3,(H,15,18). The van der Waals surface area contributed by atoms with E-state index in [4.69, 9.17) is 0 Å². The van der Waals surface area contributed by atoms with E-state index in [0.717, 1.165) is 12.8 Å². The molecule has 0 aromatic carbocycles. The molecule has 0 bridgehead atoms. The summed E-state index contributed by atoms with van der Waals surface area (Å²) in [5, 5.41) is 6.63. The van der Waals surface area contributed by atoms with Gasteiger partial charge in [-0.05, 0) is 47.5 Å². The van der Waals surface area contributed by atoms with Gasteiger partial charge >= 0.3 is 0 Å². The predicted molar refractivity (Wildman–Crippen MR) is 72.4 cm³/mol. The summed E-state index contributed by atoms with van der Waals surface area (Å²) in [6.45, 7) is 10.1. The van der Waals surface area contributed by atoms with E-state index >= 15 is 0 Å². The molecule has 104 valence electrons. The summed E-state index contributed by atoms with van der Waals surface area (Å²) in [7, 11) is 0. The number of piperidine rings is 1. The largest absolute Gasteiger partial charge is 0.353 e. The molecule has 0 saturated carbocycles. The van der Waals surface area contributed by atoms with Gasteiger partial charge in [0.15, 0.2) is 0 Å². The summed E-state index contributed by atoms with van der Waals surface area (Å²) in [4.78, 5) is 22.6. The number of carbonyl (C=O) groups is 2. The van der Waals surface area contributed by atoms with E-state index in [1.807, 2.05) is 0 Å². The summed E-state index contributed by atoms with van der Waals surface area (Å²) >= 11 is 0. The molecule has 1 aliphatic heterocycles. The fourth-order valence-electron chi connectivity index (χ4n) is 3.01. The molecule has 0 aliphatic carbocycles. The van der Waals surface area contributed by atoms with Gasteiger partial charge < -0.3 is 15.4 Å². The van der Waals surface area contributed by atoms with Crippen molar-refractivity contribution in [3.05, 3.63) is 0 Å². The SMILES string of the molecule is CC(=O)CCC(=O)NC1CC(C)(C)NC(C)(C)C1. The Morgan fingerprint density at radius 1 is 1.11 bits per heavy atom. The summed E-state index contributed by atoms with van der Waals surface area (Å²) in [6, 6.07) is 0.190. The Morgan fingerprint density at radius 3 is 2.06 bits per heavy atom. The maximum Gasteiger partial charge on any atom is 0.220 e. The maximum atomic E-state index is 11.8. The van der Waals surface area contributed by atoms with E-state index in [-0.39, 0.29) is 28.8 Å². The highest BCUT2D eigenvalue weighted by atomic mass is 16.2. The van der Waals surface area contributed by atoms with Crippen LogP contribution in [0.3, 0.4) is 0 Å². The molecule has 2 N–H and O–H groups in total. The highest BCUT2D eigenvalue weighted by Crippen LogP contribution is 2.28. The van der Waals surface area contributed by atoms with Gasteiger partial charge in [0, 0.05) is 30.0 Å². The Kier molecular flexibility index (Phi) is 4.54. The summed E-state index contributed by atoms with van der Waals surface area (Å²) in [5.74, 6) is 0.0554. The zero-order valence-corrected chi connectivity index (χ0v) is 12.2. The summed E-state index contributed by atoms with van der Waals surface area (Å²) in [6.07, 6.45) is 2.48. The van der Waals surface area contributed by atoms with Crippen molar-refractivity contribution in [1.82, 2.24) is 10.6 Å². The predicted octanol–water partition coefficient (Wildman–Crippen LogP) is 1.78. The molecule has 0 radical (unpaired) electrons. The Morgan fingerprint density at radius 2 is 1.61 bits per heavy atom. The van der Waals surface area contributed by atoms with E-state index in [9.17, 15) is 9.59 Å².